The van der Waals surface area contributed by atoms with E-state index >= 15 is 0 Å². The Labute approximate surface area is 136 Å². The van der Waals surface area contributed by atoms with Crippen LogP contribution in [-0.2, 0) is 13.0 Å². The van der Waals surface area contributed by atoms with Gasteiger partial charge in [-0.05, 0) is 50.3 Å². The zero-order valence-electron chi connectivity index (χ0n) is 13.4. The number of aryl methyl sites for hydroxylation is 1. The van der Waals surface area contributed by atoms with Crippen molar-refractivity contribution in [2.24, 2.45) is 5.73 Å². The topological polar surface area (TPSA) is 72.9 Å². The second-order valence-electron chi connectivity index (χ2n) is 6.78. The zero-order valence-corrected chi connectivity index (χ0v) is 13.4. The highest BCUT2D eigenvalue weighted by Gasteiger charge is 2.24. The van der Waals surface area contributed by atoms with Gasteiger partial charge in [0.2, 0.25) is 0 Å². The molecular formula is C17H24N6. The Kier molecular flexibility index (Phi) is 4.10. The minimum atomic E-state index is 0.227. The van der Waals surface area contributed by atoms with E-state index in [4.69, 9.17) is 5.73 Å². The Hall–Kier alpha value is -1.79. The summed E-state index contributed by atoms with van der Waals surface area (Å²) in [6, 6.07) is 4.73. The van der Waals surface area contributed by atoms with Gasteiger partial charge in [-0.25, -0.2) is 4.68 Å². The van der Waals surface area contributed by atoms with Crippen molar-refractivity contribution in [2.75, 3.05) is 13.1 Å². The molecule has 4 rings (SSSR count). The number of pyridine rings is 1. The van der Waals surface area contributed by atoms with Gasteiger partial charge < -0.3 is 5.73 Å². The van der Waals surface area contributed by atoms with E-state index in [0.29, 0.717) is 6.04 Å². The van der Waals surface area contributed by atoms with E-state index in [0.717, 1.165) is 50.3 Å². The Morgan fingerprint density at radius 3 is 3.13 bits per heavy atom. The highest BCUT2D eigenvalue weighted by molar-refractivity contribution is 5.26. The second kappa shape index (κ2) is 6.37. The smallest absolute Gasteiger partial charge is 0.0967 e. The van der Waals surface area contributed by atoms with Crippen LogP contribution in [0.15, 0.2) is 24.5 Å². The molecule has 0 amide bonds. The van der Waals surface area contributed by atoms with Gasteiger partial charge >= 0.3 is 0 Å². The molecule has 2 N–H and O–H groups in total. The first kappa shape index (κ1) is 14.8. The highest BCUT2D eigenvalue weighted by Crippen LogP contribution is 2.30. The molecule has 1 fully saturated rings. The molecule has 3 heterocycles. The molecule has 2 aliphatic rings. The fourth-order valence-corrected chi connectivity index (χ4v) is 3.84. The van der Waals surface area contributed by atoms with E-state index in [-0.39, 0.29) is 6.04 Å². The van der Waals surface area contributed by atoms with E-state index in [1.807, 2.05) is 16.9 Å². The molecule has 6 heteroatoms. The Morgan fingerprint density at radius 2 is 2.22 bits per heavy atom. The number of hydrogen-bond acceptors (Lipinski definition) is 5. The second-order valence-corrected chi connectivity index (χ2v) is 6.78. The van der Waals surface area contributed by atoms with Crippen LogP contribution in [-0.4, -0.2) is 44.0 Å². The van der Waals surface area contributed by atoms with E-state index in [1.165, 1.54) is 18.4 Å². The Balaban J connectivity index is 1.50. The highest BCUT2D eigenvalue weighted by atomic mass is 15.4. The number of nitrogens with zero attached hydrogens (tertiary/aromatic N) is 5. The molecule has 1 aliphatic carbocycles. The van der Waals surface area contributed by atoms with Crippen molar-refractivity contribution >= 4 is 0 Å². The molecule has 1 aliphatic heterocycles. The number of hydrogen-bond donors (Lipinski definition) is 1. The third kappa shape index (κ3) is 3.14. The summed E-state index contributed by atoms with van der Waals surface area (Å²) < 4.78 is 2.00. The summed E-state index contributed by atoms with van der Waals surface area (Å²) in [5.41, 5.74) is 9.60. The average Bonchev–Trinajstić information content (AvgIpc) is 3.02. The van der Waals surface area contributed by atoms with Crippen LogP contribution in [0.4, 0.5) is 0 Å². The molecule has 0 saturated carbocycles. The molecule has 1 unspecified atom stereocenters. The summed E-state index contributed by atoms with van der Waals surface area (Å²) in [6.45, 7) is 2.91. The molecule has 2 aromatic rings. The summed E-state index contributed by atoms with van der Waals surface area (Å²) >= 11 is 0. The molecular weight excluding hydrogens is 288 g/mol. The largest absolute Gasteiger partial charge is 0.327 e. The molecule has 2 aromatic heterocycles. The van der Waals surface area contributed by atoms with Gasteiger partial charge in [0.1, 0.15) is 0 Å². The molecule has 122 valence electrons. The zero-order chi connectivity index (χ0) is 15.6. The van der Waals surface area contributed by atoms with Crippen LogP contribution in [0.25, 0.3) is 0 Å². The minimum absolute atomic E-state index is 0.227. The molecule has 0 aromatic carbocycles. The predicted molar refractivity (Wildman–Crippen MR) is 87.8 cm³/mol. The van der Waals surface area contributed by atoms with Gasteiger partial charge in [0.25, 0.3) is 0 Å². The number of aromatic nitrogens is 4. The number of nitrogens with two attached hydrogens (primary N) is 1. The lowest BCUT2D eigenvalue weighted by molar-refractivity contribution is 0.199. The standard InChI is InChI=1S/C17H24N6/c18-14-6-3-9-22(10-14)11-15-12-23(21-20-15)16-7-1-4-13-5-2-8-19-17(13)16/h2,5,8,12,14,16H,1,3-4,6-7,9-11,18H2/t14?,16-/m0/s1. The maximum absolute atomic E-state index is 6.06. The fraction of sp³-hybridized carbons (Fsp3) is 0.588. The van der Waals surface area contributed by atoms with Crippen LogP contribution in [0.2, 0.25) is 0 Å². The van der Waals surface area contributed by atoms with Gasteiger partial charge in [-0.15, -0.1) is 5.10 Å². The monoisotopic (exact) mass is 312 g/mol. The average molecular weight is 312 g/mol. The number of piperidine rings is 1. The number of fused-ring (bicyclic) bond motifs is 1. The van der Waals surface area contributed by atoms with Crippen molar-refractivity contribution in [3.05, 3.63) is 41.5 Å². The van der Waals surface area contributed by atoms with Gasteiger partial charge in [-0.3, -0.25) is 9.88 Å². The SMILES string of the molecule is NC1CCCN(Cc2cn([C@H]3CCCc4cccnc43)nn2)C1. The fourth-order valence-electron chi connectivity index (χ4n) is 3.84. The van der Waals surface area contributed by atoms with E-state index in [1.54, 1.807) is 0 Å². The van der Waals surface area contributed by atoms with E-state index < -0.39 is 0 Å². The van der Waals surface area contributed by atoms with Gasteiger partial charge in [0.05, 0.1) is 23.6 Å². The summed E-state index contributed by atoms with van der Waals surface area (Å²) in [7, 11) is 0. The minimum Gasteiger partial charge on any atom is -0.327 e. The van der Waals surface area contributed by atoms with E-state index in [9.17, 15) is 0 Å². The quantitative estimate of drug-likeness (QED) is 0.930. The van der Waals surface area contributed by atoms with Crippen LogP contribution < -0.4 is 5.73 Å². The maximum Gasteiger partial charge on any atom is 0.0967 e. The molecule has 0 bridgehead atoms. The van der Waals surface area contributed by atoms with Gasteiger partial charge in [-0.1, -0.05) is 11.3 Å². The van der Waals surface area contributed by atoms with Crippen molar-refractivity contribution < 1.29 is 0 Å². The molecule has 0 radical (unpaired) electrons. The van der Waals surface area contributed by atoms with Crippen molar-refractivity contribution in [3.8, 4) is 0 Å². The molecule has 6 nitrogen and oxygen atoms in total. The summed E-state index contributed by atoms with van der Waals surface area (Å²) in [5, 5.41) is 8.78. The summed E-state index contributed by atoms with van der Waals surface area (Å²) in [4.78, 5) is 6.98. The van der Waals surface area contributed by atoms with Gasteiger partial charge in [0, 0.05) is 25.3 Å². The third-order valence-electron chi connectivity index (χ3n) is 4.97. The first-order chi connectivity index (χ1) is 11.3. The normalized spacial score (nSPS) is 25.3. The lowest BCUT2D eigenvalue weighted by Gasteiger charge is -2.29. The van der Waals surface area contributed by atoms with Crippen LogP contribution in [0, 0.1) is 0 Å². The Morgan fingerprint density at radius 1 is 1.26 bits per heavy atom. The third-order valence-corrected chi connectivity index (χ3v) is 4.97. The molecule has 0 spiro atoms. The van der Waals surface area contributed by atoms with Crippen molar-refractivity contribution in [2.45, 2.75) is 50.7 Å². The first-order valence-electron chi connectivity index (χ1n) is 8.62. The molecule has 1 saturated heterocycles. The van der Waals surface area contributed by atoms with Crippen LogP contribution >= 0.6 is 0 Å². The van der Waals surface area contributed by atoms with Crippen molar-refractivity contribution in [3.63, 3.8) is 0 Å². The van der Waals surface area contributed by atoms with Gasteiger partial charge in [-0.2, -0.15) is 0 Å². The van der Waals surface area contributed by atoms with Crippen LogP contribution in [0.1, 0.15) is 48.7 Å². The molecule has 23 heavy (non-hydrogen) atoms. The number of likely N-dealkylation sites (tertiary alicyclic amines) is 1. The van der Waals surface area contributed by atoms with Crippen molar-refractivity contribution in [1.29, 1.82) is 0 Å². The first-order valence-corrected chi connectivity index (χ1v) is 8.62. The summed E-state index contributed by atoms with van der Waals surface area (Å²) in [5.74, 6) is 0. The van der Waals surface area contributed by atoms with Crippen LogP contribution in [0.3, 0.4) is 0 Å². The summed E-state index contributed by atoms with van der Waals surface area (Å²) in [6.07, 6.45) is 9.66. The maximum atomic E-state index is 6.06. The van der Waals surface area contributed by atoms with Crippen molar-refractivity contribution in [1.82, 2.24) is 24.9 Å². The van der Waals surface area contributed by atoms with Crippen LogP contribution in [0.5, 0.6) is 0 Å². The number of rotatable bonds is 3. The van der Waals surface area contributed by atoms with E-state index in [2.05, 4.69) is 32.5 Å². The predicted octanol–water partition coefficient (Wildman–Crippen LogP) is 1.52. The lowest BCUT2D eigenvalue weighted by atomic mass is 9.92. The molecule has 2 atom stereocenters. The lowest BCUT2D eigenvalue weighted by Crippen LogP contribution is -2.42. The Bertz CT molecular complexity index is 667. The van der Waals surface area contributed by atoms with Gasteiger partial charge in [0.15, 0.2) is 0 Å².